The Balaban J connectivity index is 2.00. The van der Waals surface area contributed by atoms with Gasteiger partial charge in [0, 0.05) is 12.6 Å². The van der Waals surface area contributed by atoms with E-state index in [4.69, 9.17) is 0 Å². The smallest absolute Gasteiger partial charge is 0.233 e. The Hall–Kier alpha value is -0.570. The number of rotatable bonds is 6. The van der Waals surface area contributed by atoms with E-state index in [-0.39, 0.29) is 5.91 Å². The third-order valence-corrected chi connectivity index (χ3v) is 2.49. The zero-order chi connectivity index (χ0) is 9.68. The summed E-state index contributed by atoms with van der Waals surface area (Å²) in [7, 11) is 0. The maximum Gasteiger partial charge on any atom is 0.233 e. The highest BCUT2D eigenvalue weighted by atomic mass is 16.1. The molecule has 0 saturated heterocycles. The first-order chi connectivity index (χ1) is 6.24. The van der Waals surface area contributed by atoms with Crippen molar-refractivity contribution in [1.82, 2.24) is 10.6 Å². The van der Waals surface area contributed by atoms with Crippen molar-refractivity contribution in [2.45, 2.75) is 39.2 Å². The fourth-order valence-corrected chi connectivity index (χ4v) is 1.34. The summed E-state index contributed by atoms with van der Waals surface area (Å²) < 4.78 is 0. The van der Waals surface area contributed by atoms with Gasteiger partial charge < -0.3 is 10.6 Å². The minimum Gasteiger partial charge on any atom is -0.355 e. The Morgan fingerprint density at radius 3 is 2.77 bits per heavy atom. The van der Waals surface area contributed by atoms with E-state index in [1.807, 2.05) is 0 Å². The van der Waals surface area contributed by atoms with Gasteiger partial charge in [-0.2, -0.15) is 0 Å². The Bertz CT molecular complexity index is 166. The molecule has 0 aromatic rings. The van der Waals surface area contributed by atoms with Crippen molar-refractivity contribution in [1.29, 1.82) is 0 Å². The molecule has 0 heterocycles. The Labute approximate surface area is 80.3 Å². The van der Waals surface area contributed by atoms with E-state index in [9.17, 15) is 4.79 Å². The van der Waals surface area contributed by atoms with Crippen molar-refractivity contribution < 1.29 is 4.79 Å². The number of hydrogen-bond donors (Lipinski definition) is 2. The maximum absolute atomic E-state index is 11.2. The van der Waals surface area contributed by atoms with Gasteiger partial charge in [0.1, 0.15) is 0 Å². The molecule has 0 aromatic carbocycles. The van der Waals surface area contributed by atoms with Gasteiger partial charge in [0.25, 0.3) is 0 Å². The molecule has 1 saturated carbocycles. The Morgan fingerprint density at radius 2 is 2.23 bits per heavy atom. The molecule has 76 valence electrons. The van der Waals surface area contributed by atoms with Crippen molar-refractivity contribution >= 4 is 5.91 Å². The highest BCUT2D eigenvalue weighted by molar-refractivity contribution is 5.77. The SMILES string of the molecule is CCCNC(=O)CNC(C)C1CC1. The molecule has 13 heavy (non-hydrogen) atoms. The van der Waals surface area contributed by atoms with Crippen LogP contribution in [0.1, 0.15) is 33.1 Å². The predicted molar refractivity (Wildman–Crippen MR) is 53.5 cm³/mol. The van der Waals surface area contributed by atoms with Crippen molar-refractivity contribution in [2.75, 3.05) is 13.1 Å². The van der Waals surface area contributed by atoms with Crippen LogP contribution in [0.2, 0.25) is 0 Å². The van der Waals surface area contributed by atoms with E-state index >= 15 is 0 Å². The summed E-state index contributed by atoms with van der Waals surface area (Å²) in [6.07, 6.45) is 3.65. The lowest BCUT2D eigenvalue weighted by Crippen LogP contribution is -2.39. The monoisotopic (exact) mass is 184 g/mol. The van der Waals surface area contributed by atoms with Crippen LogP contribution in [0.25, 0.3) is 0 Å². The van der Waals surface area contributed by atoms with Crippen LogP contribution in [0.3, 0.4) is 0 Å². The zero-order valence-corrected chi connectivity index (χ0v) is 8.60. The lowest BCUT2D eigenvalue weighted by atomic mass is 10.2. The maximum atomic E-state index is 11.2. The molecule has 1 aliphatic carbocycles. The number of hydrogen-bond acceptors (Lipinski definition) is 2. The minimum absolute atomic E-state index is 0.120. The molecule has 0 aromatic heterocycles. The molecule has 0 aliphatic heterocycles. The van der Waals surface area contributed by atoms with Crippen LogP contribution in [-0.4, -0.2) is 25.0 Å². The average molecular weight is 184 g/mol. The summed E-state index contributed by atoms with van der Waals surface area (Å²) in [4.78, 5) is 11.2. The summed E-state index contributed by atoms with van der Waals surface area (Å²) in [5.41, 5.74) is 0. The average Bonchev–Trinajstić information content (AvgIpc) is 2.93. The summed E-state index contributed by atoms with van der Waals surface area (Å²) >= 11 is 0. The van der Waals surface area contributed by atoms with Crippen LogP contribution < -0.4 is 10.6 Å². The van der Waals surface area contributed by atoms with Gasteiger partial charge in [0.15, 0.2) is 0 Å². The first-order valence-corrected chi connectivity index (χ1v) is 5.24. The standard InChI is InChI=1S/C10H20N2O/c1-3-6-11-10(13)7-12-8(2)9-4-5-9/h8-9,12H,3-7H2,1-2H3,(H,11,13). The molecule has 0 spiro atoms. The highest BCUT2D eigenvalue weighted by Crippen LogP contribution is 2.32. The zero-order valence-electron chi connectivity index (χ0n) is 8.60. The number of amides is 1. The fourth-order valence-electron chi connectivity index (χ4n) is 1.34. The van der Waals surface area contributed by atoms with Gasteiger partial charge in [-0.1, -0.05) is 6.92 Å². The summed E-state index contributed by atoms with van der Waals surface area (Å²) in [5.74, 6) is 0.938. The Kier molecular flexibility index (Phi) is 4.22. The molecular weight excluding hydrogens is 164 g/mol. The van der Waals surface area contributed by atoms with Crippen molar-refractivity contribution in [3.63, 3.8) is 0 Å². The summed E-state index contributed by atoms with van der Waals surface area (Å²) in [6.45, 7) is 5.47. The van der Waals surface area contributed by atoms with E-state index in [2.05, 4.69) is 24.5 Å². The molecule has 1 aliphatic rings. The number of nitrogens with one attached hydrogen (secondary N) is 2. The van der Waals surface area contributed by atoms with Crippen LogP contribution in [0.5, 0.6) is 0 Å². The number of carbonyl (C=O) groups excluding carboxylic acids is 1. The van der Waals surface area contributed by atoms with E-state index in [1.54, 1.807) is 0 Å². The predicted octanol–water partition coefficient (Wildman–Crippen LogP) is 0.901. The molecule has 1 unspecified atom stereocenters. The molecule has 1 rings (SSSR count). The van der Waals surface area contributed by atoms with Gasteiger partial charge in [0.2, 0.25) is 5.91 Å². The summed E-state index contributed by atoms with van der Waals surface area (Å²) in [5, 5.41) is 6.09. The van der Waals surface area contributed by atoms with Gasteiger partial charge in [0.05, 0.1) is 6.54 Å². The molecule has 0 bridgehead atoms. The lowest BCUT2D eigenvalue weighted by molar-refractivity contribution is -0.120. The van der Waals surface area contributed by atoms with E-state index in [0.717, 1.165) is 18.9 Å². The van der Waals surface area contributed by atoms with Crippen molar-refractivity contribution in [3.05, 3.63) is 0 Å². The topological polar surface area (TPSA) is 41.1 Å². The lowest BCUT2D eigenvalue weighted by Gasteiger charge is -2.11. The van der Waals surface area contributed by atoms with Crippen LogP contribution in [0.4, 0.5) is 0 Å². The van der Waals surface area contributed by atoms with E-state index < -0.39 is 0 Å². The molecule has 1 fully saturated rings. The quantitative estimate of drug-likeness (QED) is 0.644. The fraction of sp³-hybridized carbons (Fsp3) is 0.900. The third kappa shape index (κ3) is 4.27. The number of carbonyl (C=O) groups is 1. The van der Waals surface area contributed by atoms with Gasteiger partial charge in [-0.25, -0.2) is 0 Å². The second-order valence-electron chi connectivity index (χ2n) is 3.86. The first kappa shape index (κ1) is 10.5. The molecule has 3 nitrogen and oxygen atoms in total. The second kappa shape index (κ2) is 5.22. The van der Waals surface area contributed by atoms with Gasteiger partial charge >= 0.3 is 0 Å². The van der Waals surface area contributed by atoms with Gasteiger partial charge in [-0.3, -0.25) is 4.79 Å². The van der Waals surface area contributed by atoms with Crippen LogP contribution >= 0.6 is 0 Å². The second-order valence-corrected chi connectivity index (χ2v) is 3.86. The van der Waals surface area contributed by atoms with E-state index in [1.165, 1.54) is 12.8 Å². The molecule has 3 heteroatoms. The minimum atomic E-state index is 0.120. The Morgan fingerprint density at radius 1 is 1.54 bits per heavy atom. The van der Waals surface area contributed by atoms with Crippen molar-refractivity contribution in [3.8, 4) is 0 Å². The van der Waals surface area contributed by atoms with Crippen LogP contribution in [-0.2, 0) is 4.79 Å². The largest absolute Gasteiger partial charge is 0.355 e. The van der Waals surface area contributed by atoms with Gasteiger partial charge in [-0.05, 0) is 32.1 Å². The van der Waals surface area contributed by atoms with Gasteiger partial charge in [-0.15, -0.1) is 0 Å². The summed E-state index contributed by atoms with van der Waals surface area (Å²) in [6, 6.07) is 0.507. The van der Waals surface area contributed by atoms with Crippen molar-refractivity contribution in [2.24, 2.45) is 5.92 Å². The normalized spacial score (nSPS) is 18.3. The van der Waals surface area contributed by atoms with Crippen LogP contribution in [0, 0.1) is 5.92 Å². The third-order valence-electron chi connectivity index (χ3n) is 2.49. The highest BCUT2D eigenvalue weighted by Gasteiger charge is 2.27. The molecule has 2 N–H and O–H groups in total. The first-order valence-electron chi connectivity index (χ1n) is 5.24. The van der Waals surface area contributed by atoms with E-state index in [0.29, 0.717) is 12.6 Å². The van der Waals surface area contributed by atoms with Crippen LogP contribution in [0.15, 0.2) is 0 Å². The molecule has 1 atom stereocenters. The molecule has 0 radical (unpaired) electrons. The molecule has 1 amide bonds. The molecular formula is C10H20N2O.